The van der Waals surface area contributed by atoms with Gasteiger partial charge in [0.2, 0.25) is 0 Å². The number of esters is 1. The molecule has 0 radical (unpaired) electrons. The molecule has 0 heterocycles. The number of nitrogens with two attached hydrogens (primary N) is 1. The summed E-state index contributed by atoms with van der Waals surface area (Å²) >= 11 is 0. The molecule has 0 aliphatic rings. The van der Waals surface area contributed by atoms with Gasteiger partial charge in [0.05, 0.1) is 13.5 Å². The third-order valence-electron chi connectivity index (χ3n) is 2.79. The van der Waals surface area contributed by atoms with Gasteiger partial charge in [0.15, 0.2) is 0 Å². The van der Waals surface area contributed by atoms with Crippen molar-refractivity contribution >= 4 is 12.0 Å². The zero-order valence-electron chi connectivity index (χ0n) is 11.4. The predicted molar refractivity (Wildman–Crippen MR) is 74.2 cm³/mol. The summed E-state index contributed by atoms with van der Waals surface area (Å²) in [7, 11) is 1.01. The van der Waals surface area contributed by atoms with Crippen molar-refractivity contribution in [2.75, 3.05) is 7.11 Å². The minimum absolute atomic E-state index is 0.753. The Kier molecular flexibility index (Phi) is 5.72. The van der Waals surface area contributed by atoms with E-state index in [1.165, 1.54) is 12.2 Å². The van der Waals surface area contributed by atoms with Crippen LogP contribution in [0.4, 0.5) is 13.2 Å². The van der Waals surface area contributed by atoms with Crippen LogP contribution in [0.25, 0.3) is 6.08 Å². The van der Waals surface area contributed by atoms with Crippen molar-refractivity contribution in [3.05, 3.63) is 54.1 Å². The van der Waals surface area contributed by atoms with Crippen LogP contribution in [-0.4, -0.2) is 24.8 Å². The van der Waals surface area contributed by atoms with Gasteiger partial charge in [0.25, 0.3) is 0 Å². The number of allylic oxidation sites excluding steroid dienone is 2. The summed E-state index contributed by atoms with van der Waals surface area (Å²) in [6.45, 7) is 0. The summed E-state index contributed by atoms with van der Waals surface area (Å²) in [5.41, 5.74) is 3.37. The highest BCUT2D eigenvalue weighted by molar-refractivity contribution is 5.71. The van der Waals surface area contributed by atoms with Crippen LogP contribution in [0, 0.1) is 0 Å². The molecule has 0 aliphatic heterocycles. The minimum atomic E-state index is -4.75. The van der Waals surface area contributed by atoms with Crippen LogP contribution in [0.2, 0.25) is 0 Å². The Morgan fingerprint density at radius 2 is 1.86 bits per heavy atom. The number of hydrogen-bond acceptors (Lipinski definition) is 3. The highest BCUT2D eigenvalue weighted by Gasteiger charge is 2.51. The fourth-order valence-corrected chi connectivity index (χ4v) is 1.52. The molecule has 0 saturated carbocycles. The first-order chi connectivity index (χ1) is 9.78. The molecule has 2 N–H and O–H groups in total. The maximum absolute atomic E-state index is 12.9. The van der Waals surface area contributed by atoms with Crippen molar-refractivity contribution < 1.29 is 22.7 Å². The van der Waals surface area contributed by atoms with Crippen molar-refractivity contribution in [2.24, 2.45) is 5.73 Å². The lowest BCUT2D eigenvalue weighted by molar-refractivity contribution is -0.181. The maximum atomic E-state index is 12.9. The average molecular weight is 299 g/mol. The third kappa shape index (κ3) is 5.07. The quantitative estimate of drug-likeness (QED) is 0.671. The number of hydrogen-bond donors (Lipinski definition) is 1. The summed E-state index contributed by atoms with van der Waals surface area (Å²) in [5.74, 6) is -1.02. The second-order valence-electron chi connectivity index (χ2n) is 4.42. The largest absolute Gasteiger partial charge is 0.469 e. The van der Waals surface area contributed by atoms with Crippen LogP contribution < -0.4 is 5.73 Å². The lowest BCUT2D eigenvalue weighted by Gasteiger charge is -2.27. The second kappa shape index (κ2) is 7.08. The van der Waals surface area contributed by atoms with Gasteiger partial charge in [-0.1, -0.05) is 54.6 Å². The molecular formula is C15H16F3NO2. The number of rotatable bonds is 5. The van der Waals surface area contributed by atoms with Crippen molar-refractivity contribution in [3.8, 4) is 0 Å². The monoisotopic (exact) mass is 299 g/mol. The zero-order chi connectivity index (χ0) is 15.9. The van der Waals surface area contributed by atoms with E-state index in [-0.39, 0.29) is 0 Å². The average Bonchev–Trinajstić information content (AvgIpc) is 2.43. The van der Waals surface area contributed by atoms with E-state index in [0.29, 0.717) is 0 Å². The van der Waals surface area contributed by atoms with Crippen molar-refractivity contribution in [1.29, 1.82) is 0 Å². The highest BCUT2D eigenvalue weighted by Crippen LogP contribution is 2.32. The molecule has 21 heavy (non-hydrogen) atoms. The number of halogens is 3. The Labute approximate surface area is 120 Å². The van der Waals surface area contributed by atoms with Crippen molar-refractivity contribution in [3.63, 3.8) is 0 Å². The van der Waals surface area contributed by atoms with Crippen LogP contribution in [0.5, 0.6) is 0 Å². The number of benzene rings is 1. The molecule has 0 bridgehead atoms. The van der Waals surface area contributed by atoms with Gasteiger partial charge in [-0.3, -0.25) is 4.79 Å². The summed E-state index contributed by atoms with van der Waals surface area (Å²) in [4.78, 5) is 11.1. The van der Waals surface area contributed by atoms with Gasteiger partial charge in [0.1, 0.15) is 5.54 Å². The van der Waals surface area contributed by atoms with E-state index in [0.717, 1.165) is 18.7 Å². The fraction of sp³-hybridized carbons (Fsp3) is 0.267. The Morgan fingerprint density at radius 1 is 1.24 bits per heavy atom. The second-order valence-corrected chi connectivity index (χ2v) is 4.42. The lowest BCUT2D eigenvalue weighted by atomic mass is 9.95. The highest BCUT2D eigenvalue weighted by atomic mass is 19.4. The van der Waals surface area contributed by atoms with E-state index in [4.69, 9.17) is 5.73 Å². The van der Waals surface area contributed by atoms with Gasteiger partial charge >= 0.3 is 12.1 Å². The minimum Gasteiger partial charge on any atom is -0.469 e. The van der Waals surface area contributed by atoms with E-state index >= 15 is 0 Å². The van der Waals surface area contributed by atoms with E-state index in [1.807, 2.05) is 18.2 Å². The molecule has 3 nitrogen and oxygen atoms in total. The van der Waals surface area contributed by atoms with Gasteiger partial charge in [-0.15, -0.1) is 0 Å². The standard InChI is InChI=1S/C15H16F3NO2/c1-21-13(20)11-14(19,15(16,17)18)10-6-5-9-12-7-3-2-4-8-12/h2-10H,11,19H2,1H3/b9-5+,10-6+. The Balaban J connectivity index is 2.84. The number of carbonyl (C=O) groups is 1. The molecule has 0 saturated heterocycles. The molecular weight excluding hydrogens is 283 g/mol. The van der Waals surface area contributed by atoms with Gasteiger partial charge in [-0.05, 0) is 5.56 Å². The molecule has 0 fully saturated rings. The molecule has 0 amide bonds. The number of methoxy groups -OCH3 is 1. The molecule has 1 atom stereocenters. The first kappa shape index (κ1) is 17.0. The van der Waals surface area contributed by atoms with Crippen LogP contribution >= 0.6 is 0 Å². The number of carbonyl (C=O) groups excluding carboxylic acids is 1. The molecule has 0 spiro atoms. The first-order valence-electron chi connectivity index (χ1n) is 6.12. The Hall–Kier alpha value is -2.08. The van der Waals surface area contributed by atoms with Crippen LogP contribution in [0.3, 0.4) is 0 Å². The van der Waals surface area contributed by atoms with Gasteiger partial charge in [-0.25, -0.2) is 0 Å². The van der Waals surface area contributed by atoms with E-state index < -0.39 is 24.1 Å². The molecule has 1 aromatic rings. The molecule has 6 heteroatoms. The first-order valence-corrected chi connectivity index (χ1v) is 6.12. The topological polar surface area (TPSA) is 52.3 Å². The lowest BCUT2D eigenvalue weighted by Crippen LogP contribution is -2.53. The molecule has 0 aromatic heterocycles. The summed E-state index contributed by atoms with van der Waals surface area (Å²) in [6.07, 6.45) is -0.737. The summed E-state index contributed by atoms with van der Waals surface area (Å²) in [5, 5.41) is 0. The van der Waals surface area contributed by atoms with E-state index in [1.54, 1.807) is 18.2 Å². The molecule has 0 aliphatic carbocycles. The third-order valence-corrected chi connectivity index (χ3v) is 2.79. The van der Waals surface area contributed by atoms with Crippen LogP contribution in [0.1, 0.15) is 12.0 Å². The predicted octanol–water partition coefficient (Wildman–Crippen LogP) is 3.08. The summed E-state index contributed by atoms with van der Waals surface area (Å²) in [6, 6.07) is 9.06. The summed E-state index contributed by atoms with van der Waals surface area (Å²) < 4.78 is 43.1. The smallest absolute Gasteiger partial charge is 0.410 e. The van der Waals surface area contributed by atoms with Gasteiger partial charge < -0.3 is 10.5 Å². The maximum Gasteiger partial charge on any atom is 0.410 e. The van der Waals surface area contributed by atoms with Crippen molar-refractivity contribution in [2.45, 2.75) is 18.1 Å². The molecule has 1 rings (SSSR count). The number of ether oxygens (including phenoxy) is 1. The Morgan fingerprint density at radius 3 is 2.38 bits per heavy atom. The molecule has 114 valence electrons. The van der Waals surface area contributed by atoms with Crippen LogP contribution in [-0.2, 0) is 9.53 Å². The number of alkyl halides is 3. The van der Waals surface area contributed by atoms with Crippen LogP contribution in [0.15, 0.2) is 48.6 Å². The van der Waals surface area contributed by atoms with E-state index in [2.05, 4.69) is 4.74 Å². The zero-order valence-corrected chi connectivity index (χ0v) is 11.4. The molecule has 1 aromatic carbocycles. The normalized spacial score (nSPS) is 15.3. The van der Waals surface area contributed by atoms with E-state index in [9.17, 15) is 18.0 Å². The van der Waals surface area contributed by atoms with Crippen molar-refractivity contribution in [1.82, 2.24) is 0 Å². The SMILES string of the molecule is COC(=O)CC(N)(/C=C/C=C/c1ccccc1)C(F)(F)F. The molecule has 1 unspecified atom stereocenters. The fourth-order valence-electron chi connectivity index (χ4n) is 1.52. The van der Waals surface area contributed by atoms with Gasteiger partial charge in [0, 0.05) is 0 Å². The Bertz CT molecular complexity index is 523. The van der Waals surface area contributed by atoms with Gasteiger partial charge in [-0.2, -0.15) is 13.2 Å².